The van der Waals surface area contributed by atoms with Crippen molar-refractivity contribution in [2.24, 2.45) is 7.05 Å². The summed E-state index contributed by atoms with van der Waals surface area (Å²) in [6.07, 6.45) is 1.40. The van der Waals surface area contributed by atoms with Gasteiger partial charge >= 0.3 is 5.97 Å². The van der Waals surface area contributed by atoms with Crippen molar-refractivity contribution in [2.45, 2.75) is 26.2 Å². The molecule has 0 unspecified atom stereocenters. The number of rotatable bonds is 7. The molecule has 0 atom stereocenters. The molecule has 3 aromatic rings. The highest BCUT2D eigenvalue weighted by Gasteiger charge is 2.18. The van der Waals surface area contributed by atoms with Gasteiger partial charge in [-0.15, -0.1) is 0 Å². The van der Waals surface area contributed by atoms with Gasteiger partial charge in [-0.2, -0.15) is 0 Å². The second-order valence-corrected chi connectivity index (χ2v) is 6.15. The number of carbonyl (C=O) groups is 2. The van der Waals surface area contributed by atoms with Crippen molar-refractivity contribution in [3.63, 3.8) is 0 Å². The van der Waals surface area contributed by atoms with Gasteiger partial charge in [0.2, 0.25) is 0 Å². The number of para-hydroxylation sites is 1. The van der Waals surface area contributed by atoms with Crippen LogP contribution in [0.2, 0.25) is 0 Å². The third-order valence-corrected chi connectivity index (χ3v) is 4.39. The van der Waals surface area contributed by atoms with Gasteiger partial charge in [0.25, 0.3) is 0 Å². The predicted molar refractivity (Wildman–Crippen MR) is 100 cm³/mol. The Labute approximate surface area is 152 Å². The quantitative estimate of drug-likeness (QED) is 0.372. The molecule has 26 heavy (non-hydrogen) atoms. The number of esters is 1. The fourth-order valence-electron chi connectivity index (χ4n) is 3.05. The molecule has 0 aliphatic carbocycles. The molecule has 1 heterocycles. The predicted octanol–water partition coefficient (Wildman–Crippen LogP) is 3.49. The zero-order valence-corrected chi connectivity index (χ0v) is 15.1. The number of hydrogen-bond acceptors (Lipinski definition) is 4. The van der Waals surface area contributed by atoms with Crippen LogP contribution in [-0.4, -0.2) is 27.9 Å². The van der Waals surface area contributed by atoms with Crippen LogP contribution in [0.15, 0.2) is 48.5 Å². The lowest BCUT2D eigenvalue weighted by Gasteiger charge is -2.03. The Kier molecular flexibility index (Phi) is 5.46. The van der Waals surface area contributed by atoms with Crippen molar-refractivity contribution in [2.75, 3.05) is 6.61 Å². The zero-order valence-electron chi connectivity index (χ0n) is 15.1. The van der Waals surface area contributed by atoms with Gasteiger partial charge < -0.3 is 9.30 Å². The number of hydrogen-bond donors (Lipinski definition) is 0. The second kappa shape index (κ2) is 7.95. The van der Waals surface area contributed by atoms with Crippen LogP contribution < -0.4 is 0 Å². The van der Waals surface area contributed by atoms with Crippen LogP contribution in [0.25, 0.3) is 11.0 Å². The third kappa shape index (κ3) is 3.82. The van der Waals surface area contributed by atoms with Crippen LogP contribution in [-0.2, 0) is 29.4 Å². The molecule has 3 rings (SSSR count). The van der Waals surface area contributed by atoms with Crippen LogP contribution in [0.4, 0.5) is 0 Å². The maximum absolute atomic E-state index is 12.5. The molecule has 0 amide bonds. The first-order valence-corrected chi connectivity index (χ1v) is 8.77. The number of benzene rings is 2. The molecule has 0 fully saturated rings. The minimum absolute atomic E-state index is 0.261. The van der Waals surface area contributed by atoms with Gasteiger partial charge in [-0.05, 0) is 31.0 Å². The van der Waals surface area contributed by atoms with E-state index in [1.54, 1.807) is 13.0 Å². The van der Waals surface area contributed by atoms with E-state index < -0.39 is 5.97 Å². The maximum Gasteiger partial charge on any atom is 0.313 e. The number of carbonyl (C=O) groups excluding carboxylic acids is 2. The highest BCUT2D eigenvalue weighted by molar-refractivity contribution is 6.12. The van der Waals surface area contributed by atoms with E-state index in [0.717, 1.165) is 24.2 Å². The van der Waals surface area contributed by atoms with Gasteiger partial charge in [-0.25, -0.2) is 4.98 Å². The zero-order chi connectivity index (χ0) is 18.5. The molecule has 5 nitrogen and oxygen atoms in total. The average molecular weight is 350 g/mol. The first-order chi connectivity index (χ1) is 12.6. The smallest absolute Gasteiger partial charge is 0.313 e. The summed E-state index contributed by atoms with van der Waals surface area (Å²) in [5, 5.41) is 0. The first kappa shape index (κ1) is 17.9. The van der Waals surface area contributed by atoms with Gasteiger partial charge in [0.15, 0.2) is 5.78 Å². The summed E-state index contributed by atoms with van der Waals surface area (Å²) in [7, 11) is 1.95. The molecule has 0 spiro atoms. The third-order valence-electron chi connectivity index (χ3n) is 4.39. The lowest BCUT2D eigenvalue weighted by molar-refractivity contribution is -0.141. The van der Waals surface area contributed by atoms with Crippen molar-refractivity contribution in [3.8, 4) is 0 Å². The Morgan fingerprint density at radius 2 is 1.81 bits per heavy atom. The van der Waals surface area contributed by atoms with E-state index in [-0.39, 0.29) is 18.8 Å². The van der Waals surface area contributed by atoms with E-state index in [2.05, 4.69) is 12.1 Å². The van der Waals surface area contributed by atoms with E-state index in [4.69, 9.17) is 9.72 Å². The largest absolute Gasteiger partial charge is 0.466 e. The Bertz CT molecular complexity index is 929. The molecular formula is C21H22N2O3. The van der Waals surface area contributed by atoms with Crippen molar-refractivity contribution in [3.05, 3.63) is 65.5 Å². The van der Waals surface area contributed by atoms with Crippen molar-refractivity contribution in [1.82, 2.24) is 9.55 Å². The fraction of sp³-hybridized carbons (Fsp3) is 0.286. The molecule has 1 aromatic heterocycles. The summed E-state index contributed by atoms with van der Waals surface area (Å²) >= 11 is 0. The minimum atomic E-state index is -0.505. The van der Waals surface area contributed by atoms with E-state index in [1.165, 1.54) is 5.56 Å². The molecule has 0 N–H and O–H groups in total. The summed E-state index contributed by atoms with van der Waals surface area (Å²) < 4.78 is 6.89. The fourth-order valence-corrected chi connectivity index (χ4v) is 3.05. The molecular weight excluding hydrogens is 328 g/mol. The highest BCUT2D eigenvalue weighted by atomic mass is 16.5. The lowest BCUT2D eigenvalue weighted by atomic mass is 10.1. The van der Waals surface area contributed by atoms with Crippen LogP contribution in [0.1, 0.15) is 35.1 Å². The number of ether oxygens (including phenoxy) is 1. The van der Waals surface area contributed by atoms with E-state index >= 15 is 0 Å². The van der Waals surface area contributed by atoms with Gasteiger partial charge in [-0.1, -0.05) is 36.4 Å². The summed E-state index contributed by atoms with van der Waals surface area (Å²) in [5.41, 5.74) is 3.26. The summed E-state index contributed by atoms with van der Waals surface area (Å²) in [6.45, 7) is 1.99. The number of nitrogens with zero attached hydrogens (tertiary/aromatic N) is 2. The van der Waals surface area contributed by atoms with Crippen LogP contribution in [0.5, 0.6) is 0 Å². The van der Waals surface area contributed by atoms with Gasteiger partial charge in [0.1, 0.15) is 12.2 Å². The molecule has 0 saturated heterocycles. The summed E-state index contributed by atoms with van der Waals surface area (Å²) in [6, 6.07) is 15.7. The maximum atomic E-state index is 12.5. The van der Waals surface area contributed by atoms with Gasteiger partial charge in [0, 0.05) is 19.0 Å². The van der Waals surface area contributed by atoms with E-state index in [0.29, 0.717) is 11.1 Å². The molecule has 0 aliphatic heterocycles. The van der Waals surface area contributed by atoms with Crippen LogP contribution in [0, 0.1) is 0 Å². The first-order valence-electron chi connectivity index (χ1n) is 8.77. The Hall–Kier alpha value is -2.95. The van der Waals surface area contributed by atoms with Crippen molar-refractivity contribution < 1.29 is 14.3 Å². The minimum Gasteiger partial charge on any atom is -0.466 e. The van der Waals surface area contributed by atoms with Crippen LogP contribution in [0.3, 0.4) is 0 Å². The number of ketones is 1. The molecule has 0 radical (unpaired) electrons. The number of Topliss-reactive ketones (excluding diaryl/α,β-unsaturated/α-hetero) is 1. The van der Waals surface area contributed by atoms with Gasteiger partial charge in [0.05, 0.1) is 17.6 Å². The second-order valence-electron chi connectivity index (χ2n) is 6.15. The lowest BCUT2D eigenvalue weighted by Crippen LogP contribution is -2.11. The Balaban J connectivity index is 1.85. The van der Waals surface area contributed by atoms with E-state index in [9.17, 15) is 9.59 Å². The normalized spacial score (nSPS) is 10.8. The van der Waals surface area contributed by atoms with Crippen LogP contribution >= 0.6 is 0 Å². The summed E-state index contributed by atoms with van der Waals surface area (Å²) in [4.78, 5) is 28.8. The average Bonchev–Trinajstić information content (AvgIpc) is 2.97. The summed E-state index contributed by atoms with van der Waals surface area (Å²) in [5.74, 6) is 0.150. The van der Waals surface area contributed by atoms with Crippen molar-refractivity contribution >= 4 is 22.8 Å². The molecule has 2 aromatic carbocycles. The number of aryl methyl sites for hydroxylation is 3. The molecule has 5 heteroatoms. The number of fused-ring (bicyclic) bond motifs is 1. The molecule has 0 aliphatic rings. The van der Waals surface area contributed by atoms with Gasteiger partial charge in [-0.3, -0.25) is 9.59 Å². The molecule has 0 saturated carbocycles. The standard InChI is InChI=1S/C21H22N2O3/c1-3-26-20(25)14-18(24)16-10-7-11-17-21(16)22-19(23(17)2)13-12-15-8-5-4-6-9-15/h4-11H,3,12-14H2,1-2H3. The van der Waals surface area contributed by atoms with Crippen molar-refractivity contribution in [1.29, 1.82) is 0 Å². The monoisotopic (exact) mass is 350 g/mol. The Morgan fingerprint density at radius 1 is 1.04 bits per heavy atom. The highest BCUT2D eigenvalue weighted by Crippen LogP contribution is 2.21. The number of imidazole rings is 1. The molecule has 0 bridgehead atoms. The van der Waals surface area contributed by atoms with E-state index in [1.807, 2.05) is 41.9 Å². The topological polar surface area (TPSA) is 61.2 Å². The number of aromatic nitrogens is 2. The SMILES string of the molecule is CCOC(=O)CC(=O)c1cccc2c1nc(CCc1ccccc1)n2C. The molecule has 134 valence electrons. The Morgan fingerprint density at radius 3 is 2.54 bits per heavy atom.